The van der Waals surface area contributed by atoms with E-state index < -0.39 is 32.1 Å². The molecule has 1 aliphatic rings. The fourth-order valence-corrected chi connectivity index (χ4v) is 5.31. The molecule has 0 aliphatic carbocycles. The van der Waals surface area contributed by atoms with Gasteiger partial charge in [-0.25, -0.2) is 13.2 Å². The van der Waals surface area contributed by atoms with Crippen LogP contribution in [0, 0.1) is 12.8 Å². The highest BCUT2D eigenvalue weighted by atomic mass is 35.5. The Hall–Kier alpha value is -2.63. The van der Waals surface area contributed by atoms with Crippen molar-refractivity contribution in [2.75, 3.05) is 25.5 Å². The number of carbonyl (C=O) groups excluding carboxylic acids is 1. The lowest BCUT2D eigenvalue weighted by atomic mass is 9.97. The topological polar surface area (TPSA) is 141 Å². The number of aromatic nitrogens is 2. The van der Waals surface area contributed by atoms with Crippen molar-refractivity contribution < 1.29 is 17.9 Å². The smallest absolute Gasteiger partial charge is 0.325 e. The molecular formula is C18H21ClN4O6S. The number of hydrogen-bond acceptors (Lipinski definition) is 6. The summed E-state index contributed by atoms with van der Waals surface area (Å²) in [5.74, 6) is -0.153. The quantitative estimate of drug-likeness (QED) is 0.614. The molecule has 1 aromatic carbocycles. The van der Waals surface area contributed by atoms with Gasteiger partial charge in [-0.1, -0.05) is 11.6 Å². The molecule has 10 nitrogen and oxygen atoms in total. The average Bonchev–Trinajstić information content (AvgIpc) is 2.67. The van der Waals surface area contributed by atoms with Crippen LogP contribution in [0.25, 0.3) is 0 Å². The molecule has 162 valence electrons. The molecule has 2 heterocycles. The van der Waals surface area contributed by atoms with Crippen LogP contribution in [0.4, 0.5) is 5.69 Å². The third kappa shape index (κ3) is 4.42. The van der Waals surface area contributed by atoms with Gasteiger partial charge in [-0.3, -0.25) is 14.6 Å². The summed E-state index contributed by atoms with van der Waals surface area (Å²) in [5, 5.41) is 3.13. The maximum Gasteiger partial charge on any atom is 0.325 e. The number of H-pyrrole nitrogens is 2. The summed E-state index contributed by atoms with van der Waals surface area (Å²) >= 11 is 6.06. The Morgan fingerprint density at radius 2 is 1.90 bits per heavy atom. The number of aromatic amines is 2. The number of halogens is 1. The summed E-state index contributed by atoms with van der Waals surface area (Å²) < 4.78 is 31.9. The van der Waals surface area contributed by atoms with Crippen molar-refractivity contribution in [1.29, 1.82) is 0 Å². The van der Waals surface area contributed by atoms with Gasteiger partial charge in [0.2, 0.25) is 15.9 Å². The van der Waals surface area contributed by atoms with Crippen LogP contribution in [0.5, 0.6) is 5.75 Å². The zero-order valence-electron chi connectivity index (χ0n) is 16.3. The normalized spacial score (nSPS) is 15.7. The van der Waals surface area contributed by atoms with E-state index in [-0.39, 0.29) is 37.5 Å². The molecule has 0 radical (unpaired) electrons. The second-order valence-electron chi connectivity index (χ2n) is 6.88. The minimum atomic E-state index is -4.11. The predicted octanol–water partition coefficient (Wildman–Crippen LogP) is 1.07. The molecule has 12 heteroatoms. The van der Waals surface area contributed by atoms with Crippen molar-refractivity contribution in [2.24, 2.45) is 5.92 Å². The van der Waals surface area contributed by atoms with Gasteiger partial charge in [-0.05, 0) is 38.0 Å². The predicted molar refractivity (Wildman–Crippen MR) is 111 cm³/mol. The van der Waals surface area contributed by atoms with E-state index in [0.717, 1.165) is 4.31 Å². The molecule has 1 amide bonds. The molecule has 1 aliphatic heterocycles. The Morgan fingerprint density at radius 3 is 2.47 bits per heavy atom. The van der Waals surface area contributed by atoms with Crippen molar-refractivity contribution in [2.45, 2.75) is 24.7 Å². The van der Waals surface area contributed by atoms with Crippen LogP contribution >= 0.6 is 11.6 Å². The highest BCUT2D eigenvalue weighted by Crippen LogP contribution is 2.28. The summed E-state index contributed by atoms with van der Waals surface area (Å²) in [6.45, 7) is 1.49. The summed E-state index contributed by atoms with van der Waals surface area (Å²) in [6.07, 6.45) is 0.574. The number of sulfonamides is 1. The number of hydrogen-bond donors (Lipinski definition) is 3. The minimum absolute atomic E-state index is 0.0278. The second kappa shape index (κ2) is 8.62. The number of carbonyl (C=O) groups is 1. The van der Waals surface area contributed by atoms with Gasteiger partial charge < -0.3 is 15.0 Å². The molecule has 30 heavy (non-hydrogen) atoms. The van der Waals surface area contributed by atoms with Gasteiger partial charge in [0.1, 0.15) is 5.75 Å². The first-order valence-electron chi connectivity index (χ1n) is 9.11. The van der Waals surface area contributed by atoms with Crippen LogP contribution in [0.15, 0.2) is 32.7 Å². The van der Waals surface area contributed by atoms with Crippen LogP contribution in [0.2, 0.25) is 5.02 Å². The van der Waals surface area contributed by atoms with Crippen LogP contribution in [0.1, 0.15) is 18.5 Å². The maximum absolute atomic E-state index is 12.9. The Bertz CT molecular complexity index is 1180. The summed E-state index contributed by atoms with van der Waals surface area (Å²) in [5.41, 5.74) is -1.26. The van der Waals surface area contributed by atoms with E-state index in [9.17, 15) is 22.8 Å². The lowest BCUT2D eigenvalue weighted by molar-refractivity contribution is -0.120. The molecule has 0 unspecified atom stereocenters. The average molecular weight is 457 g/mol. The Labute approximate surface area is 177 Å². The first kappa shape index (κ1) is 22.1. The van der Waals surface area contributed by atoms with Gasteiger partial charge in [0, 0.05) is 30.4 Å². The van der Waals surface area contributed by atoms with E-state index in [2.05, 4.69) is 10.3 Å². The van der Waals surface area contributed by atoms with Gasteiger partial charge in [0.15, 0.2) is 4.90 Å². The minimum Gasteiger partial charge on any atom is -0.495 e. The maximum atomic E-state index is 12.9. The van der Waals surface area contributed by atoms with E-state index in [4.69, 9.17) is 16.3 Å². The number of methoxy groups -OCH3 is 1. The van der Waals surface area contributed by atoms with Gasteiger partial charge in [0.25, 0.3) is 5.56 Å². The molecule has 1 aromatic heterocycles. The van der Waals surface area contributed by atoms with Crippen molar-refractivity contribution in [3.8, 4) is 5.75 Å². The third-order valence-corrected chi connectivity index (χ3v) is 7.26. The fraction of sp³-hybridized carbons (Fsp3) is 0.389. The standard InChI is InChI=1S/C18H21ClN4O6S/c1-10-15(17(25)22-18(26)20-10)30(27,28)23-7-5-11(6-8-23)16(24)21-12-3-4-14(29-2)13(19)9-12/h3-4,9,11H,5-8H2,1-2H3,(H,21,24)(H2,20,22,25,26). The number of amides is 1. The van der Waals surface area contributed by atoms with Gasteiger partial charge in [0.05, 0.1) is 12.1 Å². The molecule has 1 fully saturated rings. The van der Waals surface area contributed by atoms with E-state index in [1.165, 1.54) is 14.0 Å². The summed E-state index contributed by atoms with van der Waals surface area (Å²) in [7, 11) is -2.62. The number of benzene rings is 1. The van der Waals surface area contributed by atoms with E-state index in [1.807, 2.05) is 4.98 Å². The first-order chi connectivity index (χ1) is 14.1. The number of piperidine rings is 1. The first-order valence-corrected chi connectivity index (χ1v) is 10.9. The molecule has 0 bridgehead atoms. The summed E-state index contributed by atoms with van der Waals surface area (Å²) in [4.78, 5) is 39.6. The number of nitrogens with zero attached hydrogens (tertiary/aromatic N) is 1. The Morgan fingerprint density at radius 1 is 1.23 bits per heavy atom. The summed E-state index contributed by atoms with van der Waals surface area (Å²) in [6, 6.07) is 4.87. The van der Waals surface area contributed by atoms with Crippen LogP contribution < -0.4 is 21.3 Å². The van der Waals surface area contributed by atoms with Gasteiger partial charge in [-0.2, -0.15) is 4.31 Å². The van der Waals surface area contributed by atoms with Crippen LogP contribution in [-0.2, 0) is 14.8 Å². The van der Waals surface area contributed by atoms with Crippen LogP contribution in [-0.4, -0.2) is 48.8 Å². The zero-order valence-corrected chi connectivity index (χ0v) is 17.9. The number of aryl methyl sites for hydroxylation is 1. The van der Waals surface area contributed by atoms with E-state index in [1.54, 1.807) is 18.2 Å². The van der Waals surface area contributed by atoms with Crippen molar-refractivity contribution in [3.05, 3.63) is 49.8 Å². The van der Waals surface area contributed by atoms with Crippen molar-refractivity contribution in [3.63, 3.8) is 0 Å². The van der Waals surface area contributed by atoms with Crippen molar-refractivity contribution >= 4 is 33.2 Å². The molecule has 1 saturated heterocycles. The fourth-order valence-electron chi connectivity index (χ4n) is 3.37. The van der Waals surface area contributed by atoms with E-state index in [0.29, 0.717) is 16.5 Å². The highest BCUT2D eigenvalue weighted by Gasteiger charge is 2.34. The highest BCUT2D eigenvalue weighted by molar-refractivity contribution is 7.89. The Kier molecular flexibility index (Phi) is 6.34. The van der Waals surface area contributed by atoms with Crippen LogP contribution in [0.3, 0.4) is 0 Å². The number of anilines is 1. The molecule has 3 rings (SSSR count). The molecule has 0 saturated carbocycles. The number of ether oxygens (including phenoxy) is 1. The third-order valence-electron chi connectivity index (χ3n) is 4.92. The van der Waals surface area contributed by atoms with Crippen molar-refractivity contribution in [1.82, 2.24) is 14.3 Å². The number of nitrogens with one attached hydrogen (secondary N) is 3. The molecular weight excluding hydrogens is 436 g/mol. The van der Waals surface area contributed by atoms with Gasteiger partial charge >= 0.3 is 5.69 Å². The molecule has 0 spiro atoms. The second-order valence-corrected chi connectivity index (χ2v) is 9.16. The van der Waals surface area contributed by atoms with Gasteiger partial charge in [-0.15, -0.1) is 0 Å². The molecule has 2 aromatic rings. The largest absolute Gasteiger partial charge is 0.495 e. The zero-order chi connectivity index (χ0) is 22.1. The monoisotopic (exact) mass is 456 g/mol. The van der Waals surface area contributed by atoms with E-state index >= 15 is 0 Å². The molecule has 0 atom stereocenters. The molecule has 3 N–H and O–H groups in total. The lowest BCUT2D eigenvalue weighted by Gasteiger charge is -2.30. The SMILES string of the molecule is COc1ccc(NC(=O)C2CCN(S(=O)(=O)c3c(C)[nH]c(=O)[nH]c3=O)CC2)cc1Cl. The Balaban J connectivity index is 1.68. The number of rotatable bonds is 5. The lowest BCUT2D eigenvalue weighted by Crippen LogP contribution is -2.44.